The first-order valence-electron chi connectivity index (χ1n) is 8.45. The molecule has 0 bridgehead atoms. The monoisotopic (exact) mass is 458 g/mol. The van der Waals surface area contributed by atoms with E-state index in [2.05, 4.69) is 15.9 Å². The van der Waals surface area contributed by atoms with Gasteiger partial charge in [0.25, 0.3) is 5.91 Å². The third-order valence-corrected chi connectivity index (χ3v) is 6.30. The molecule has 0 spiro atoms. The molecule has 1 aromatic rings. The largest absolute Gasteiger partial charge is 0.334 e. The van der Waals surface area contributed by atoms with Crippen LogP contribution in [0.25, 0.3) is 0 Å². The predicted molar refractivity (Wildman–Crippen MR) is 105 cm³/mol. The van der Waals surface area contributed by atoms with Crippen LogP contribution in [-0.2, 0) is 4.79 Å². The van der Waals surface area contributed by atoms with Crippen LogP contribution >= 0.6 is 39.1 Å². The van der Waals surface area contributed by atoms with Gasteiger partial charge in [-0.1, -0.05) is 39.1 Å². The SMILES string of the molecule is N=C1CCN(C(=O)c2ccc(Cl)c(Cl)c2)CC1=C1[NH2+]CCCC(Br)C1=O. The lowest BCUT2D eigenvalue weighted by atomic mass is 9.96. The van der Waals surface area contributed by atoms with E-state index in [9.17, 15) is 9.59 Å². The topological polar surface area (TPSA) is 77.8 Å². The van der Waals surface area contributed by atoms with E-state index >= 15 is 0 Å². The van der Waals surface area contributed by atoms with Crippen molar-refractivity contribution in [3.63, 3.8) is 0 Å². The number of likely N-dealkylation sites (tertiary alicyclic amines) is 1. The fourth-order valence-corrected chi connectivity index (χ4v) is 4.08. The van der Waals surface area contributed by atoms with Crippen LogP contribution in [0.3, 0.4) is 0 Å². The number of halogens is 3. The molecule has 2 saturated heterocycles. The summed E-state index contributed by atoms with van der Waals surface area (Å²) in [5, 5.41) is 10.9. The highest BCUT2D eigenvalue weighted by atomic mass is 79.9. The Labute approximate surface area is 170 Å². The molecule has 8 heteroatoms. The first kappa shape index (κ1) is 19.5. The lowest BCUT2D eigenvalue weighted by Crippen LogP contribution is -2.84. The number of piperidine rings is 1. The Bertz CT molecular complexity index is 810. The maximum absolute atomic E-state index is 12.8. The molecule has 1 unspecified atom stereocenters. The molecule has 0 radical (unpaired) electrons. The molecule has 5 nitrogen and oxygen atoms in total. The van der Waals surface area contributed by atoms with Crippen LogP contribution in [0.2, 0.25) is 10.0 Å². The van der Waals surface area contributed by atoms with E-state index in [-0.39, 0.29) is 23.1 Å². The molecule has 2 aliphatic rings. The fraction of sp³-hybridized carbons (Fsp3) is 0.389. The average molecular weight is 460 g/mol. The van der Waals surface area contributed by atoms with E-state index in [4.69, 9.17) is 28.6 Å². The third-order valence-electron chi connectivity index (χ3n) is 4.68. The van der Waals surface area contributed by atoms with Crippen LogP contribution in [0.1, 0.15) is 29.6 Å². The summed E-state index contributed by atoms with van der Waals surface area (Å²) in [5.74, 6) is -0.170. The standard InChI is InChI=1S/C18H18BrCl2N3O2/c19-12-2-1-6-23-16(17(12)25)11-9-24(7-5-15(11)22)18(26)10-3-4-13(20)14(21)8-10/h3-4,8,12,22-23H,1-2,5-7,9H2/p+1. The molecule has 2 heterocycles. The summed E-state index contributed by atoms with van der Waals surface area (Å²) in [4.78, 5) is 26.9. The van der Waals surface area contributed by atoms with E-state index < -0.39 is 0 Å². The van der Waals surface area contributed by atoms with Gasteiger partial charge in [-0.3, -0.25) is 9.59 Å². The molecule has 2 fully saturated rings. The first-order chi connectivity index (χ1) is 12.4. The number of nitrogens with zero attached hydrogens (tertiary/aromatic N) is 1. The van der Waals surface area contributed by atoms with Gasteiger partial charge in [0, 0.05) is 24.2 Å². The molecule has 1 aromatic carbocycles. The van der Waals surface area contributed by atoms with Gasteiger partial charge in [-0.15, -0.1) is 0 Å². The summed E-state index contributed by atoms with van der Waals surface area (Å²) >= 11 is 15.4. The van der Waals surface area contributed by atoms with Crippen molar-refractivity contribution in [1.82, 2.24) is 4.90 Å². The molecule has 1 amide bonds. The van der Waals surface area contributed by atoms with E-state index in [0.29, 0.717) is 45.6 Å². The maximum atomic E-state index is 12.8. The smallest absolute Gasteiger partial charge is 0.254 e. The summed E-state index contributed by atoms with van der Waals surface area (Å²) in [5.41, 5.74) is 2.12. The van der Waals surface area contributed by atoms with Crippen LogP contribution in [0.5, 0.6) is 0 Å². The lowest BCUT2D eigenvalue weighted by molar-refractivity contribution is -0.600. The van der Waals surface area contributed by atoms with Crippen LogP contribution < -0.4 is 5.32 Å². The number of hydrogen-bond acceptors (Lipinski definition) is 3. The highest BCUT2D eigenvalue weighted by molar-refractivity contribution is 9.10. The van der Waals surface area contributed by atoms with Crippen molar-refractivity contribution in [2.45, 2.75) is 24.1 Å². The Balaban J connectivity index is 1.88. The van der Waals surface area contributed by atoms with Crippen LogP contribution in [0.4, 0.5) is 0 Å². The number of benzene rings is 1. The Kier molecular flexibility index (Phi) is 6.17. The van der Waals surface area contributed by atoms with Crippen molar-refractivity contribution < 1.29 is 14.9 Å². The van der Waals surface area contributed by atoms with Gasteiger partial charge < -0.3 is 15.6 Å². The quantitative estimate of drug-likeness (QED) is 0.500. The Morgan fingerprint density at radius 1 is 1.31 bits per heavy atom. The van der Waals surface area contributed by atoms with Crippen molar-refractivity contribution in [2.24, 2.45) is 0 Å². The van der Waals surface area contributed by atoms with E-state index in [1.54, 1.807) is 23.1 Å². The summed E-state index contributed by atoms with van der Waals surface area (Å²) in [6.45, 7) is 1.51. The number of nitrogens with one attached hydrogen (secondary N) is 1. The molecule has 0 aliphatic carbocycles. The molecule has 2 aliphatic heterocycles. The Morgan fingerprint density at radius 3 is 2.81 bits per heavy atom. The van der Waals surface area contributed by atoms with Gasteiger partial charge in [0.15, 0.2) is 5.70 Å². The normalized spacial score (nSPS) is 24.6. The fourth-order valence-electron chi connectivity index (χ4n) is 3.21. The number of carbonyl (C=O) groups excluding carboxylic acids is 2. The minimum absolute atomic E-state index is 0.00564. The van der Waals surface area contributed by atoms with E-state index in [1.165, 1.54) is 0 Å². The Morgan fingerprint density at radius 2 is 2.08 bits per heavy atom. The number of ketones is 1. The number of rotatable bonds is 1. The number of allylic oxidation sites excluding steroid dienone is 1. The summed E-state index contributed by atoms with van der Waals surface area (Å²) < 4.78 is 0. The molecule has 1 atom stereocenters. The van der Waals surface area contributed by atoms with Crippen molar-refractivity contribution in [3.05, 3.63) is 45.1 Å². The number of hydrogen-bond donors (Lipinski definition) is 2. The lowest BCUT2D eigenvalue weighted by Gasteiger charge is -2.30. The zero-order valence-corrected chi connectivity index (χ0v) is 17.1. The second-order valence-electron chi connectivity index (χ2n) is 6.44. The molecule has 3 N–H and O–H groups in total. The van der Waals surface area contributed by atoms with Crippen LogP contribution in [0, 0.1) is 5.41 Å². The summed E-state index contributed by atoms with van der Waals surface area (Å²) in [6, 6.07) is 4.79. The van der Waals surface area contributed by atoms with Gasteiger partial charge in [0.2, 0.25) is 5.78 Å². The van der Waals surface area contributed by atoms with Crippen LogP contribution in [-0.4, -0.2) is 46.8 Å². The number of nitrogens with two attached hydrogens (primary N) is 1. The van der Waals surface area contributed by atoms with Crippen LogP contribution in [0.15, 0.2) is 29.5 Å². The van der Waals surface area contributed by atoms with Gasteiger partial charge >= 0.3 is 0 Å². The van der Waals surface area contributed by atoms with Crippen molar-refractivity contribution in [1.29, 1.82) is 5.41 Å². The van der Waals surface area contributed by atoms with Gasteiger partial charge in [0.1, 0.15) is 0 Å². The number of alkyl halides is 1. The van der Waals surface area contributed by atoms with Crippen molar-refractivity contribution >= 4 is 56.5 Å². The second-order valence-corrected chi connectivity index (χ2v) is 8.36. The van der Waals surface area contributed by atoms with Crippen molar-refractivity contribution in [2.75, 3.05) is 19.6 Å². The number of amides is 1. The van der Waals surface area contributed by atoms with Gasteiger partial charge in [-0.2, -0.15) is 0 Å². The minimum Gasteiger partial charge on any atom is -0.334 e. The third kappa shape index (κ3) is 4.03. The molecular weight excluding hydrogens is 441 g/mol. The van der Waals surface area contributed by atoms with Gasteiger partial charge in [-0.25, -0.2) is 0 Å². The van der Waals surface area contributed by atoms with Gasteiger partial charge in [-0.05, 0) is 31.0 Å². The highest BCUT2D eigenvalue weighted by Crippen LogP contribution is 2.25. The highest BCUT2D eigenvalue weighted by Gasteiger charge is 2.34. The first-order valence-corrected chi connectivity index (χ1v) is 10.1. The summed E-state index contributed by atoms with van der Waals surface area (Å²) in [6.07, 6.45) is 2.14. The maximum Gasteiger partial charge on any atom is 0.254 e. The number of Topliss-reactive ketones (excluding diaryl/α,β-unsaturated/α-hetero) is 1. The number of carbonyl (C=O) groups is 2. The molecule has 0 saturated carbocycles. The zero-order valence-electron chi connectivity index (χ0n) is 14.0. The second kappa shape index (κ2) is 8.21. The summed E-state index contributed by atoms with van der Waals surface area (Å²) in [7, 11) is 0. The van der Waals surface area contributed by atoms with Gasteiger partial charge in [0.05, 0.1) is 33.5 Å². The number of quaternary nitrogens is 1. The average Bonchev–Trinajstić information content (AvgIpc) is 2.79. The Hall–Kier alpha value is -1.21. The van der Waals surface area contributed by atoms with E-state index in [1.807, 2.05) is 5.32 Å². The molecule has 26 heavy (non-hydrogen) atoms. The minimum atomic E-state index is -0.224. The molecule has 3 rings (SSSR count). The molecular formula is C18H19BrCl2N3O2+. The van der Waals surface area contributed by atoms with E-state index in [0.717, 1.165) is 19.4 Å². The van der Waals surface area contributed by atoms with Crippen molar-refractivity contribution in [3.8, 4) is 0 Å². The predicted octanol–water partition coefficient (Wildman–Crippen LogP) is 2.80. The molecule has 0 aromatic heterocycles. The zero-order chi connectivity index (χ0) is 18.8. The molecule has 138 valence electrons.